The van der Waals surface area contributed by atoms with Crippen molar-refractivity contribution < 1.29 is 19.2 Å². The molecular weight excluding hydrogens is 406 g/mol. The van der Waals surface area contributed by atoms with Crippen molar-refractivity contribution in [3.05, 3.63) is 71.8 Å². The minimum Gasteiger partial charge on any atom is -0.344 e. The lowest BCUT2D eigenvalue weighted by molar-refractivity contribution is -0.166. The molecule has 2 fully saturated rings. The van der Waals surface area contributed by atoms with Crippen molar-refractivity contribution >= 4 is 23.6 Å². The summed E-state index contributed by atoms with van der Waals surface area (Å²) in [6, 6.07) is 16.2. The fraction of sp³-hybridized carbons (Fsp3) is 0.360. The molecule has 3 unspecified atom stereocenters. The van der Waals surface area contributed by atoms with Gasteiger partial charge in [-0.05, 0) is 30.9 Å². The Bertz CT molecular complexity index is 1010. The summed E-state index contributed by atoms with van der Waals surface area (Å²) in [5, 5.41) is 2.70. The zero-order valence-electron chi connectivity index (χ0n) is 18.1. The third-order valence-electron chi connectivity index (χ3n) is 6.12. The van der Waals surface area contributed by atoms with E-state index in [9.17, 15) is 19.2 Å². The number of piperazine rings is 1. The molecule has 0 spiro atoms. The van der Waals surface area contributed by atoms with Gasteiger partial charge in [-0.15, -0.1) is 0 Å². The standard InChI is InChI=1S/C25H27N3O4/c1-17(26-22(29)16-19-11-6-3-7-12-19)23(30)28-21(15-18-9-4-2-5-10-18)24(31)27-14-8-13-20(27)25(28)32/h2-7,9-12,17,20-21H,8,13-16H2,1H3,(H,26,29). The molecule has 0 saturated carbocycles. The van der Waals surface area contributed by atoms with Gasteiger partial charge in [0.25, 0.3) is 11.8 Å². The molecule has 2 heterocycles. The Morgan fingerprint density at radius 1 is 0.969 bits per heavy atom. The average molecular weight is 434 g/mol. The topological polar surface area (TPSA) is 86.8 Å². The number of benzene rings is 2. The van der Waals surface area contributed by atoms with Crippen molar-refractivity contribution in [2.45, 2.75) is 50.7 Å². The molecule has 0 aromatic heterocycles. The van der Waals surface area contributed by atoms with Crippen molar-refractivity contribution in [2.24, 2.45) is 0 Å². The van der Waals surface area contributed by atoms with E-state index in [-0.39, 0.29) is 30.6 Å². The summed E-state index contributed by atoms with van der Waals surface area (Å²) in [6.45, 7) is 2.09. The molecule has 7 heteroatoms. The first-order chi connectivity index (χ1) is 15.5. The molecule has 7 nitrogen and oxygen atoms in total. The molecule has 166 valence electrons. The van der Waals surface area contributed by atoms with Crippen LogP contribution in [-0.4, -0.2) is 58.1 Å². The van der Waals surface area contributed by atoms with Gasteiger partial charge in [-0.25, -0.2) is 0 Å². The van der Waals surface area contributed by atoms with Gasteiger partial charge in [0.05, 0.1) is 6.42 Å². The molecule has 4 amide bonds. The number of hydrogen-bond acceptors (Lipinski definition) is 4. The fourth-order valence-electron chi connectivity index (χ4n) is 4.53. The maximum atomic E-state index is 13.4. The summed E-state index contributed by atoms with van der Waals surface area (Å²) in [4.78, 5) is 55.1. The van der Waals surface area contributed by atoms with Gasteiger partial charge in [0.15, 0.2) is 0 Å². The maximum Gasteiger partial charge on any atom is 0.252 e. The highest BCUT2D eigenvalue weighted by Crippen LogP contribution is 2.29. The molecule has 4 rings (SSSR count). The first-order valence-electron chi connectivity index (χ1n) is 11.0. The number of nitrogens with zero attached hydrogens (tertiary/aromatic N) is 2. The highest BCUT2D eigenvalue weighted by Gasteiger charge is 2.50. The summed E-state index contributed by atoms with van der Waals surface area (Å²) in [7, 11) is 0. The van der Waals surface area contributed by atoms with Crippen LogP contribution in [0.15, 0.2) is 60.7 Å². The van der Waals surface area contributed by atoms with Gasteiger partial charge in [-0.3, -0.25) is 24.1 Å². The maximum absolute atomic E-state index is 13.4. The summed E-state index contributed by atoms with van der Waals surface area (Å²) < 4.78 is 0. The molecule has 0 bridgehead atoms. The lowest BCUT2D eigenvalue weighted by Gasteiger charge is -2.42. The van der Waals surface area contributed by atoms with Crippen LogP contribution in [0.3, 0.4) is 0 Å². The lowest BCUT2D eigenvalue weighted by atomic mass is 9.97. The number of fused-ring (bicyclic) bond motifs is 1. The molecule has 0 aliphatic carbocycles. The van der Waals surface area contributed by atoms with Crippen molar-refractivity contribution in [2.75, 3.05) is 6.54 Å². The van der Waals surface area contributed by atoms with Gasteiger partial charge in [0.1, 0.15) is 18.1 Å². The van der Waals surface area contributed by atoms with Crippen LogP contribution in [-0.2, 0) is 32.0 Å². The van der Waals surface area contributed by atoms with E-state index in [0.717, 1.165) is 22.4 Å². The molecule has 2 aliphatic heterocycles. The van der Waals surface area contributed by atoms with E-state index in [1.807, 2.05) is 60.7 Å². The fourth-order valence-corrected chi connectivity index (χ4v) is 4.53. The molecular formula is C25H27N3O4. The smallest absolute Gasteiger partial charge is 0.252 e. The van der Waals surface area contributed by atoms with E-state index in [1.54, 1.807) is 11.8 Å². The van der Waals surface area contributed by atoms with Crippen LogP contribution < -0.4 is 5.32 Å². The molecule has 2 saturated heterocycles. The normalized spacial score (nSPS) is 21.3. The van der Waals surface area contributed by atoms with E-state index >= 15 is 0 Å². The van der Waals surface area contributed by atoms with Crippen LogP contribution >= 0.6 is 0 Å². The third-order valence-corrected chi connectivity index (χ3v) is 6.12. The van der Waals surface area contributed by atoms with Crippen LogP contribution in [0.1, 0.15) is 30.9 Å². The van der Waals surface area contributed by atoms with E-state index in [4.69, 9.17) is 0 Å². The Hall–Kier alpha value is -3.48. The van der Waals surface area contributed by atoms with Crippen molar-refractivity contribution in [1.82, 2.24) is 15.1 Å². The Balaban J connectivity index is 1.53. The number of nitrogens with one attached hydrogen (secondary N) is 1. The second kappa shape index (κ2) is 9.34. The van der Waals surface area contributed by atoms with Crippen LogP contribution in [0.4, 0.5) is 0 Å². The van der Waals surface area contributed by atoms with E-state index in [2.05, 4.69) is 5.32 Å². The summed E-state index contributed by atoms with van der Waals surface area (Å²) in [5.41, 5.74) is 1.70. The zero-order chi connectivity index (χ0) is 22.7. The Labute approximate surface area is 187 Å². The first kappa shape index (κ1) is 21.7. The number of amides is 4. The third kappa shape index (κ3) is 4.42. The number of imide groups is 1. The number of carbonyl (C=O) groups excluding carboxylic acids is 4. The molecule has 3 atom stereocenters. The second-order valence-electron chi connectivity index (χ2n) is 8.39. The van der Waals surface area contributed by atoms with E-state index in [0.29, 0.717) is 13.0 Å². The summed E-state index contributed by atoms with van der Waals surface area (Å²) in [6.07, 6.45) is 1.69. The molecule has 2 aliphatic rings. The Kier molecular flexibility index (Phi) is 6.35. The van der Waals surface area contributed by atoms with Crippen LogP contribution in [0.5, 0.6) is 0 Å². The molecule has 32 heavy (non-hydrogen) atoms. The second-order valence-corrected chi connectivity index (χ2v) is 8.39. The average Bonchev–Trinajstić information content (AvgIpc) is 3.29. The largest absolute Gasteiger partial charge is 0.344 e. The van der Waals surface area contributed by atoms with Gasteiger partial charge in [-0.2, -0.15) is 0 Å². The monoisotopic (exact) mass is 433 g/mol. The van der Waals surface area contributed by atoms with Gasteiger partial charge in [0, 0.05) is 13.0 Å². The molecule has 0 radical (unpaired) electrons. The highest BCUT2D eigenvalue weighted by atomic mass is 16.2. The minimum atomic E-state index is -0.922. The molecule has 2 aromatic rings. The SMILES string of the molecule is CC(NC(=O)Cc1ccccc1)C(=O)N1C(=O)C2CCCN2C(=O)C1Cc1ccccc1. The van der Waals surface area contributed by atoms with Crippen molar-refractivity contribution in [3.8, 4) is 0 Å². The highest BCUT2D eigenvalue weighted by molar-refractivity contribution is 6.08. The van der Waals surface area contributed by atoms with Gasteiger partial charge < -0.3 is 10.2 Å². The first-order valence-corrected chi connectivity index (χ1v) is 11.0. The van der Waals surface area contributed by atoms with Crippen molar-refractivity contribution in [3.63, 3.8) is 0 Å². The molecule has 1 N–H and O–H groups in total. The number of hydrogen-bond donors (Lipinski definition) is 1. The van der Waals surface area contributed by atoms with Gasteiger partial charge in [-0.1, -0.05) is 60.7 Å². The Morgan fingerprint density at radius 3 is 2.25 bits per heavy atom. The number of rotatable bonds is 6. The predicted octanol–water partition coefficient (Wildman–Crippen LogP) is 1.70. The van der Waals surface area contributed by atoms with Crippen molar-refractivity contribution in [1.29, 1.82) is 0 Å². The zero-order valence-corrected chi connectivity index (χ0v) is 18.1. The minimum absolute atomic E-state index is 0.134. The van der Waals surface area contributed by atoms with Gasteiger partial charge >= 0.3 is 0 Å². The summed E-state index contributed by atoms with van der Waals surface area (Å²) in [5.74, 6) is -1.41. The van der Waals surface area contributed by atoms with Crippen LogP contribution in [0, 0.1) is 0 Å². The van der Waals surface area contributed by atoms with Gasteiger partial charge in [0.2, 0.25) is 11.8 Å². The quantitative estimate of drug-likeness (QED) is 0.751. The van der Waals surface area contributed by atoms with E-state index in [1.165, 1.54) is 0 Å². The number of carbonyl (C=O) groups is 4. The lowest BCUT2D eigenvalue weighted by Crippen LogP contribution is -2.67. The van der Waals surface area contributed by atoms with E-state index < -0.39 is 24.0 Å². The predicted molar refractivity (Wildman–Crippen MR) is 118 cm³/mol. The summed E-state index contributed by atoms with van der Waals surface area (Å²) >= 11 is 0. The van der Waals surface area contributed by atoms with Crippen LogP contribution in [0.25, 0.3) is 0 Å². The Morgan fingerprint density at radius 2 is 1.59 bits per heavy atom. The molecule has 2 aromatic carbocycles. The van der Waals surface area contributed by atoms with Crippen LogP contribution in [0.2, 0.25) is 0 Å².